The van der Waals surface area contributed by atoms with Gasteiger partial charge in [0.2, 0.25) is 12.4 Å². The minimum atomic E-state index is -2.72. The first-order valence-electron chi connectivity index (χ1n) is 11.2. The number of benzene rings is 1. The molecular weight excluding hydrogens is 448 g/mol. The van der Waals surface area contributed by atoms with Crippen molar-refractivity contribution in [1.29, 1.82) is 0 Å². The van der Waals surface area contributed by atoms with Gasteiger partial charge in [-0.05, 0) is 57.6 Å². The molecule has 7 nitrogen and oxygen atoms in total. The van der Waals surface area contributed by atoms with Crippen LogP contribution in [0, 0.1) is 18.8 Å². The van der Waals surface area contributed by atoms with Crippen molar-refractivity contribution in [3.8, 4) is 10.6 Å². The molecule has 4 N–H and O–H groups in total. The highest BCUT2D eigenvalue weighted by Crippen LogP contribution is 2.42. The van der Waals surface area contributed by atoms with Crippen LogP contribution in [0.2, 0.25) is 0 Å². The van der Waals surface area contributed by atoms with Crippen molar-refractivity contribution in [3.63, 3.8) is 0 Å². The number of hydrogen-bond donors (Lipinski definition) is 4. The van der Waals surface area contributed by atoms with Gasteiger partial charge in [0.25, 0.3) is 0 Å². The number of aliphatic hydroxyl groups is 2. The van der Waals surface area contributed by atoms with Crippen LogP contribution in [0.25, 0.3) is 20.8 Å². The average molecular weight is 476 g/mol. The standard InChI is InChI=1S/C23H27F2N5O2S/c1-11(13-7-8-13)26-22-27-12(2)17(21-28-15-5-3-4-6-16(15)33-21)20(29-22)30-23(32)10-9-14(18(23)31)19(24)25/h3-6,11,13-14,18-19,31-32H,7-10H2,1-2H3,(H2,26,27,29,30). The molecule has 0 amide bonds. The number of rotatable bonds is 7. The first kappa shape index (κ1) is 22.4. The number of aryl methyl sites for hydroxylation is 1. The number of anilines is 2. The molecule has 0 bridgehead atoms. The molecule has 2 aliphatic carbocycles. The summed E-state index contributed by atoms with van der Waals surface area (Å²) in [5.41, 5.74) is 0.123. The predicted molar refractivity (Wildman–Crippen MR) is 124 cm³/mol. The molecule has 10 heteroatoms. The Balaban J connectivity index is 1.56. The molecule has 2 aromatic heterocycles. The number of aromatic nitrogens is 3. The third kappa shape index (κ3) is 4.27. The number of nitrogens with one attached hydrogen (secondary N) is 2. The normalized spacial score (nSPS) is 26.2. The van der Waals surface area contributed by atoms with E-state index in [0.717, 1.165) is 23.1 Å². The lowest BCUT2D eigenvalue weighted by Crippen LogP contribution is -2.48. The van der Waals surface area contributed by atoms with Crippen molar-refractivity contribution in [2.75, 3.05) is 10.6 Å². The lowest BCUT2D eigenvalue weighted by atomic mass is 10.0. The van der Waals surface area contributed by atoms with Gasteiger partial charge in [0.05, 0.1) is 27.4 Å². The highest BCUT2D eigenvalue weighted by molar-refractivity contribution is 7.21. The molecule has 2 fully saturated rings. The highest BCUT2D eigenvalue weighted by Gasteiger charge is 2.50. The second-order valence-electron chi connectivity index (χ2n) is 9.14. The van der Waals surface area contributed by atoms with Crippen LogP contribution in [0.4, 0.5) is 20.5 Å². The zero-order valence-corrected chi connectivity index (χ0v) is 19.2. The maximum Gasteiger partial charge on any atom is 0.244 e. The fourth-order valence-electron chi connectivity index (χ4n) is 4.53. The predicted octanol–water partition coefficient (Wildman–Crippen LogP) is 4.41. The highest BCUT2D eigenvalue weighted by atomic mass is 32.1. The van der Waals surface area contributed by atoms with Crippen LogP contribution in [0.1, 0.15) is 38.3 Å². The molecule has 0 spiro atoms. The van der Waals surface area contributed by atoms with Crippen molar-refractivity contribution in [3.05, 3.63) is 30.0 Å². The summed E-state index contributed by atoms with van der Waals surface area (Å²) < 4.78 is 27.7. The minimum absolute atomic E-state index is 0.00664. The van der Waals surface area contributed by atoms with E-state index in [1.165, 1.54) is 11.3 Å². The third-order valence-corrected chi connectivity index (χ3v) is 7.75. The molecule has 0 aliphatic heterocycles. The monoisotopic (exact) mass is 475 g/mol. The molecule has 0 radical (unpaired) electrons. The molecule has 2 heterocycles. The van der Waals surface area contributed by atoms with Crippen LogP contribution in [0.5, 0.6) is 0 Å². The Kier molecular flexibility index (Phi) is 5.70. The van der Waals surface area contributed by atoms with E-state index in [4.69, 9.17) is 4.98 Å². The second-order valence-corrected chi connectivity index (χ2v) is 10.2. The first-order chi connectivity index (χ1) is 15.7. The molecule has 0 saturated heterocycles. The van der Waals surface area contributed by atoms with Gasteiger partial charge in [-0.2, -0.15) is 4.98 Å². The maximum atomic E-state index is 13.3. The molecule has 33 heavy (non-hydrogen) atoms. The zero-order chi connectivity index (χ0) is 23.3. The van der Waals surface area contributed by atoms with Gasteiger partial charge >= 0.3 is 0 Å². The zero-order valence-electron chi connectivity index (χ0n) is 18.4. The van der Waals surface area contributed by atoms with E-state index in [2.05, 4.69) is 27.5 Å². The van der Waals surface area contributed by atoms with Crippen molar-refractivity contribution >= 4 is 33.3 Å². The summed E-state index contributed by atoms with van der Waals surface area (Å²) in [6.07, 6.45) is -2.05. The lowest BCUT2D eigenvalue weighted by molar-refractivity contribution is -0.0763. The van der Waals surface area contributed by atoms with E-state index in [0.29, 0.717) is 28.1 Å². The quantitative estimate of drug-likeness (QED) is 0.375. The van der Waals surface area contributed by atoms with E-state index < -0.39 is 24.2 Å². The summed E-state index contributed by atoms with van der Waals surface area (Å²) in [6.45, 7) is 3.91. The van der Waals surface area contributed by atoms with Crippen LogP contribution in [-0.2, 0) is 0 Å². The van der Waals surface area contributed by atoms with Gasteiger partial charge in [0, 0.05) is 6.04 Å². The Morgan fingerprint density at radius 1 is 1.15 bits per heavy atom. The topological polar surface area (TPSA) is 103 Å². The van der Waals surface area contributed by atoms with Gasteiger partial charge in [0.15, 0.2) is 5.72 Å². The van der Waals surface area contributed by atoms with Gasteiger partial charge < -0.3 is 20.8 Å². The van der Waals surface area contributed by atoms with Gasteiger partial charge in [-0.15, -0.1) is 11.3 Å². The van der Waals surface area contributed by atoms with Crippen LogP contribution in [0.15, 0.2) is 24.3 Å². The summed E-state index contributed by atoms with van der Waals surface area (Å²) in [4.78, 5) is 14.0. The summed E-state index contributed by atoms with van der Waals surface area (Å²) in [6, 6.07) is 7.90. The Morgan fingerprint density at radius 2 is 1.91 bits per heavy atom. The maximum absolute atomic E-state index is 13.3. The van der Waals surface area contributed by atoms with Crippen LogP contribution in [-0.4, -0.2) is 49.5 Å². The number of thiazole rings is 1. The minimum Gasteiger partial charge on any atom is -0.388 e. The number of hydrogen-bond acceptors (Lipinski definition) is 8. The summed E-state index contributed by atoms with van der Waals surface area (Å²) in [7, 11) is 0. The van der Waals surface area contributed by atoms with Crippen molar-refractivity contribution in [2.45, 2.75) is 63.8 Å². The largest absolute Gasteiger partial charge is 0.388 e. The van der Waals surface area contributed by atoms with E-state index in [-0.39, 0.29) is 24.7 Å². The van der Waals surface area contributed by atoms with Crippen LogP contribution >= 0.6 is 11.3 Å². The van der Waals surface area contributed by atoms with Gasteiger partial charge in [-0.1, -0.05) is 12.1 Å². The number of nitrogens with zero attached hydrogens (tertiary/aromatic N) is 3. The van der Waals surface area contributed by atoms with E-state index >= 15 is 0 Å². The number of alkyl halides is 2. The molecular formula is C23H27F2N5O2S. The van der Waals surface area contributed by atoms with Gasteiger partial charge in [-0.25, -0.2) is 18.7 Å². The van der Waals surface area contributed by atoms with E-state index in [1.807, 2.05) is 31.2 Å². The third-order valence-electron chi connectivity index (χ3n) is 6.70. The molecule has 2 saturated carbocycles. The fraction of sp³-hybridized carbons (Fsp3) is 0.522. The average Bonchev–Trinajstić information content (AvgIpc) is 3.46. The summed E-state index contributed by atoms with van der Waals surface area (Å²) >= 11 is 1.46. The van der Waals surface area contributed by atoms with Crippen LogP contribution < -0.4 is 10.6 Å². The molecule has 3 aromatic rings. The Morgan fingerprint density at radius 3 is 2.58 bits per heavy atom. The summed E-state index contributed by atoms with van der Waals surface area (Å²) in [5, 5.41) is 28.5. The number of halogens is 2. The Hall–Kier alpha value is -2.43. The molecule has 2 aliphatic rings. The van der Waals surface area contributed by atoms with Gasteiger partial charge in [0.1, 0.15) is 16.9 Å². The van der Waals surface area contributed by atoms with Crippen molar-refractivity contribution < 1.29 is 19.0 Å². The second kappa shape index (κ2) is 8.41. The number of aliphatic hydroxyl groups excluding tert-OH is 1. The van der Waals surface area contributed by atoms with E-state index in [9.17, 15) is 19.0 Å². The lowest BCUT2D eigenvalue weighted by Gasteiger charge is -2.31. The number of fused-ring (bicyclic) bond motifs is 1. The van der Waals surface area contributed by atoms with E-state index in [1.54, 1.807) is 0 Å². The molecule has 1 aromatic carbocycles. The SMILES string of the molecule is Cc1nc(NC(C)C2CC2)nc(NC2(O)CCC(C(F)F)C2O)c1-c1nc2ccccc2s1. The van der Waals surface area contributed by atoms with Gasteiger partial charge in [-0.3, -0.25) is 0 Å². The van der Waals surface area contributed by atoms with Crippen LogP contribution in [0.3, 0.4) is 0 Å². The number of para-hydroxylation sites is 1. The molecule has 5 rings (SSSR count). The smallest absolute Gasteiger partial charge is 0.244 e. The first-order valence-corrected chi connectivity index (χ1v) is 12.0. The Bertz CT molecular complexity index is 1140. The molecule has 4 unspecified atom stereocenters. The summed E-state index contributed by atoms with van der Waals surface area (Å²) in [5.74, 6) is -0.0741. The Labute approximate surface area is 194 Å². The van der Waals surface area contributed by atoms with Crippen molar-refractivity contribution in [1.82, 2.24) is 15.0 Å². The molecule has 176 valence electrons. The fourth-order valence-corrected chi connectivity index (χ4v) is 5.60. The van der Waals surface area contributed by atoms with Crippen molar-refractivity contribution in [2.24, 2.45) is 11.8 Å². The molecule has 4 atom stereocenters.